The summed E-state index contributed by atoms with van der Waals surface area (Å²) in [6.07, 6.45) is 0.934. The molecule has 1 rings (SSSR count). The molecule has 0 saturated carbocycles. The highest BCUT2D eigenvalue weighted by Crippen LogP contribution is 2.18. The summed E-state index contributed by atoms with van der Waals surface area (Å²) in [5.41, 5.74) is 5.50. The molecule has 76 valence electrons. The van der Waals surface area contributed by atoms with Crippen molar-refractivity contribution in [1.29, 1.82) is 5.41 Å². The summed E-state index contributed by atoms with van der Waals surface area (Å²) in [5.74, 6) is -0.160. The monoisotopic (exact) mass is 214 g/mol. The fourth-order valence-corrected chi connectivity index (χ4v) is 1.40. The highest BCUT2D eigenvalue weighted by Gasteiger charge is 2.10. The van der Waals surface area contributed by atoms with E-state index in [-0.39, 0.29) is 17.1 Å². The van der Waals surface area contributed by atoms with Crippen LogP contribution in [-0.4, -0.2) is 20.5 Å². The average molecular weight is 214 g/mol. The molecule has 5 nitrogen and oxygen atoms in total. The summed E-state index contributed by atoms with van der Waals surface area (Å²) in [7, 11) is -3.59. The maximum Gasteiger partial charge on any atom is 0.306 e. The number of benzene rings is 1. The van der Waals surface area contributed by atoms with Crippen LogP contribution in [0.3, 0.4) is 0 Å². The van der Waals surface area contributed by atoms with E-state index in [2.05, 4.69) is 4.18 Å². The molecule has 6 heteroatoms. The van der Waals surface area contributed by atoms with Gasteiger partial charge in [-0.25, -0.2) is 0 Å². The van der Waals surface area contributed by atoms with Crippen LogP contribution >= 0.6 is 0 Å². The maximum atomic E-state index is 10.8. The first-order valence-electron chi connectivity index (χ1n) is 3.73. The lowest BCUT2D eigenvalue weighted by molar-refractivity contribution is 0.492. The molecule has 0 fully saturated rings. The molecule has 0 aliphatic rings. The first-order valence-corrected chi connectivity index (χ1v) is 5.54. The van der Waals surface area contributed by atoms with Gasteiger partial charge in [0.15, 0.2) is 5.75 Å². The van der Waals surface area contributed by atoms with Crippen LogP contribution in [0.15, 0.2) is 24.3 Å². The Morgan fingerprint density at radius 1 is 1.43 bits per heavy atom. The van der Waals surface area contributed by atoms with Gasteiger partial charge in [0, 0.05) is 0 Å². The molecule has 1 aromatic rings. The summed E-state index contributed by atoms with van der Waals surface area (Å²) < 4.78 is 26.3. The van der Waals surface area contributed by atoms with E-state index in [0.717, 1.165) is 6.26 Å². The third kappa shape index (κ3) is 2.74. The van der Waals surface area contributed by atoms with Crippen LogP contribution in [0.1, 0.15) is 5.56 Å². The number of rotatable bonds is 3. The van der Waals surface area contributed by atoms with Crippen molar-refractivity contribution in [3.63, 3.8) is 0 Å². The lowest BCUT2D eigenvalue weighted by Gasteiger charge is -2.07. The second kappa shape index (κ2) is 3.67. The molecule has 0 aromatic heterocycles. The van der Waals surface area contributed by atoms with Gasteiger partial charge in [-0.3, -0.25) is 5.41 Å². The van der Waals surface area contributed by atoms with Gasteiger partial charge in [0.25, 0.3) is 0 Å². The molecule has 0 radical (unpaired) electrons. The second-order valence-corrected chi connectivity index (χ2v) is 4.27. The summed E-state index contributed by atoms with van der Waals surface area (Å²) in [4.78, 5) is 0. The van der Waals surface area contributed by atoms with Crippen molar-refractivity contribution < 1.29 is 12.6 Å². The van der Waals surface area contributed by atoms with Crippen molar-refractivity contribution in [1.82, 2.24) is 0 Å². The van der Waals surface area contributed by atoms with Gasteiger partial charge in [-0.2, -0.15) is 8.42 Å². The minimum Gasteiger partial charge on any atom is -0.384 e. The van der Waals surface area contributed by atoms with Gasteiger partial charge in [0.1, 0.15) is 5.84 Å². The predicted octanol–water partition coefficient (Wildman–Crippen LogP) is 0.309. The van der Waals surface area contributed by atoms with E-state index in [4.69, 9.17) is 11.1 Å². The Morgan fingerprint density at radius 3 is 2.50 bits per heavy atom. The standard InChI is InChI=1S/C8H10N2O3S/c1-14(11,12)13-7-5-3-2-4-6(7)8(9)10/h2-5H,1H3,(H3,9,10). The number of hydrogen-bond acceptors (Lipinski definition) is 4. The van der Waals surface area contributed by atoms with Crippen molar-refractivity contribution in [2.24, 2.45) is 5.73 Å². The fraction of sp³-hybridized carbons (Fsp3) is 0.125. The Labute approximate surface area is 82.1 Å². The molecule has 0 aliphatic carbocycles. The van der Waals surface area contributed by atoms with Gasteiger partial charge in [-0.1, -0.05) is 12.1 Å². The Bertz CT molecular complexity index is 453. The molecule has 1 aromatic carbocycles. The molecular formula is C8H10N2O3S. The number of hydrogen-bond donors (Lipinski definition) is 2. The van der Waals surface area contributed by atoms with Crippen molar-refractivity contribution in [3.8, 4) is 5.75 Å². The number of nitrogen functional groups attached to an aromatic ring is 1. The Morgan fingerprint density at radius 2 is 2.00 bits per heavy atom. The van der Waals surface area contributed by atoms with Gasteiger partial charge >= 0.3 is 10.1 Å². The number of para-hydroxylation sites is 1. The Hall–Kier alpha value is -1.56. The third-order valence-corrected chi connectivity index (χ3v) is 1.90. The number of nitrogens with two attached hydrogens (primary N) is 1. The van der Waals surface area contributed by atoms with Crippen LogP contribution in [-0.2, 0) is 10.1 Å². The van der Waals surface area contributed by atoms with Crippen molar-refractivity contribution in [3.05, 3.63) is 29.8 Å². The van der Waals surface area contributed by atoms with E-state index in [9.17, 15) is 8.42 Å². The first-order chi connectivity index (χ1) is 6.40. The van der Waals surface area contributed by atoms with Crippen LogP contribution in [0.25, 0.3) is 0 Å². The smallest absolute Gasteiger partial charge is 0.306 e. The SMILES string of the molecule is CS(=O)(=O)Oc1ccccc1C(=N)N. The third-order valence-electron chi connectivity index (χ3n) is 1.42. The van der Waals surface area contributed by atoms with E-state index in [1.807, 2.05) is 0 Å². The van der Waals surface area contributed by atoms with E-state index in [0.29, 0.717) is 0 Å². The molecule has 0 amide bonds. The first kappa shape index (κ1) is 10.5. The molecule has 0 unspecified atom stereocenters. The molecule has 14 heavy (non-hydrogen) atoms. The molecule has 0 atom stereocenters. The Balaban J connectivity index is 3.15. The quantitative estimate of drug-likeness (QED) is 0.430. The molecular weight excluding hydrogens is 204 g/mol. The molecule has 0 spiro atoms. The summed E-state index contributed by atoms with van der Waals surface area (Å²) >= 11 is 0. The summed E-state index contributed by atoms with van der Waals surface area (Å²) in [6.45, 7) is 0. The second-order valence-electron chi connectivity index (χ2n) is 2.70. The zero-order valence-electron chi connectivity index (χ0n) is 7.52. The largest absolute Gasteiger partial charge is 0.384 e. The minimum absolute atomic E-state index is 0.0718. The zero-order valence-corrected chi connectivity index (χ0v) is 8.34. The fourth-order valence-electron chi connectivity index (χ4n) is 0.925. The summed E-state index contributed by atoms with van der Waals surface area (Å²) in [5, 5.41) is 7.19. The molecule has 0 saturated heterocycles. The van der Waals surface area contributed by atoms with Crippen LogP contribution in [0.4, 0.5) is 0 Å². The lowest BCUT2D eigenvalue weighted by Crippen LogP contribution is -2.15. The number of nitrogens with one attached hydrogen (secondary N) is 1. The number of amidine groups is 1. The zero-order chi connectivity index (χ0) is 10.8. The molecule has 0 aliphatic heterocycles. The van der Waals surface area contributed by atoms with E-state index < -0.39 is 10.1 Å². The predicted molar refractivity (Wildman–Crippen MR) is 52.9 cm³/mol. The minimum atomic E-state index is -3.59. The maximum absolute atomic E-state index is 10.8. The van der Waals surface area contributed by atoms with Crippen LogP contribution in [0.5, 0.6) is 5.75 Å². The van der Waals surface area contributed by atoms with Gasteiger partial charge in [-0.15, -0.1) is 0 Å². The van der Waals surface area contributed by atoms with E-state index in [1.54, 1.807) is 12.1 Å². The van der Waals surface area contributed by atoms with Gasteiger partial charge in [0.2, 0.25) is 0 Å². The van der Waals surface area contributed by atoms with Crippen LogP contribution in [0, 0.1) is 5.41 Å². The highest BCUT2D eigenvalue weighted by atomic mass is 32.2. The van der Waals surface area contributed by atoms with Crippen molar-refractivity contribution in [2.45, 2.75) is 0 Å². The molecule has 0 bridgehead atoms. The lowest BCUT2D eigenvalue weighted by atomic mass is 10.2. The molecule has 3 N–H and O–H groups in total. The highest BCUT2D eigenvalue weighted by molar-refractivity contribution is 7.86. The normalized spacial score (nSPS) is 10.9. The van der Waals surface area contributed by atoms with Crippen molar-refractivity contribution in [2.75, 3.05) is 6.26 Å². The van der Waals surface area contributed by atoms with Gasteiger partial charge in [0.05, 0.1) is 11.8 Å². The van der Waals surface area contributed by atoms with Crippen LogP contribution < -0.4 is 9.92 Å². The van der Waals surface area contributed by atoms with E-state index in [1.165, 1.54) is 12.1 Å². The topological polar surface area (TPSA) is 93.2 Å². The average Bonchev–Trinajstić information content (AvgIpc) is 2.01. The Kier molecular flexibility index (Phi) is 2.76. The van der Waals surface area contributed by atoms with E-state index >= 15 is 0 Å². The van der Waals surface area contributed by atoms with Crippen molar-refractivity contribution >= 4 is 16.0 Å². The molecule has 0 heterocycles. The van der Waals surface area contributed by atoms with Crippen LogP contribution in [0.2, 0.25) is 0 Å². The van der Waals surface area contributed by atoms with Gasteiger partial charge < -0.3 is 9.92 Å². The van der Waals surface area contributed by atoms with Gasteiger partial charge in [-0.05, 0) is 12.1 Å². The summed E-state index contributed by atoms with van der Waals surface area (Å²) in [6, 6.07) is 6.21.